The Morgan fingerprint density at radius 3 is 2.71 bits per heavy atom. The molecule has 76 valence electrons. The number of ketones is 1. The van der Waals surface area contributed by atoms with Gasteiger partial charge in [0.1, 0.15) is 0 Å². The Morgan fingerprint density at radius 2 is 2.14 bits per heavy atom. The van der Waals surface area contributed by atoms with E-state index in [2.05, 4.69) is 35.8 Å². The average Bonchev–Trinajstić information content (AvgIpc) is 2.17. The fourth-order valence-electron chi connectivity index (χ4n) is 1.65. The van der Waals surface area contributed by atoms with E-state index in [0.717, 1.165) is 17.3 Å². The molecule has 1 aromatic rings. The summed E-state index contributed by atoms with van der Waals surface area (Å²) in [7, 11) is 0. The first kappa shape index (κ1) is 11.4. The first-order valence-corrected chi connectivity index (χ1v) is 6.00. The number of benzene rings is 1. The molecule has 2 heteroatoms. The first-order chi connectivity index (χ1) is 6.70. The van der Waals surface area contributed by atoms with Crippen LogP contribution in [0, 0.1) is 6.92 Å². The highest BCUT2D eigenvalue weighted by molar-refractivity contribution is 9.09. The molecular weight excluding hydrogens is 240 g/mol. The van der Waals surface area contributed by atoms with Crippen molar-refractivity contribution in [1.29, 1.82) is 0 Å². The summed E-state index contributed by atoms with van der Waals surface area (Å²) in [6.07, 6.45) is 1.51. The van der Waals surface area contributed by atoms with Crippen LogP contribution in [0.1, 0.15) is 34.8 Å². The molecule has 0 atom stereocenters. The van der Waals surface area contributed by atoms with E-state index in [1.807, 2.05) is 12.1 Å². The van der Waals surface area contributed by atoms with E-state index in [1.165, 1.54) is 11.1 Å². The van der Waals surface area contributed by atoms with E-state index in [1.54, 1.807) is 0 Å². The van der Waals surface area contributed by atoms with Gasteiger partial charge in [-0.1, -0.05) is 41.1 Å². The third kappa shape index (κ3) is 2.44. The van der Waals surface area contributed by atoms with Gasteiger partial charge in [-0.2, -0.15) is 0 Å². The first-order valence-electron chi connectivity index (χ1n) is 4.88. The third-order valence-electron chi connectivity index (χ3n) is 2.39. The second-order valence-corrected chi connectivity index (χ2v) is 4.11. The number of carbonyl (C=O) groups excluding carboxylic acids is 1. The molecule has 0 fully saturated rings. The van der Waals surface area contributed by atoms with E-state index in [-0.39, 0.29) is 5.78 Å². The third-order valence-corrected chi connectivity index (χ3v) is 2.78. The van der Waals surface area contributed by atoms with Crippen LogP contribution in [0.4, 0.5) is 0 Å². The molecule has 0 bridgehead atoms. The molecule has 0 saturated carbocycles. The fourth-order valence-corrected chi connectivity index (χ4v) is 2.01. The molecule has 0 heterocycles. The highest BCUT2D eigenvalue weighted by atomic mass is 79.9. The molecule has 0 aliphatic carbocycles. The summed E-state index contributed by atoms with van der Waals surface area (Å²) in [5, 5.41) is 0.739. The summed E-state index contributed by atoms with van der Waals surface area (Å²) in [6.45, 7) is 4.15. The van der Waals surface area contributed by atoms with E-state index >= 15 is 0 Å². The molecule has 0 N–H and O–H groups in total. The molecule has 0 saturated heterocycles. The standard InChI is InChI=1S/C12H15BrO/c1-3-10-9(2)5-4-6-11(10)12(14)7-8-13/h4-6H,3,7-8H2,1-2H3. The highest BCUT2D eigenvalue weighted by Gasteiger charge is 2.10. The van der Waals surface area contributed by atoms with Crippen molar-refractivity contribution in [2.75, 3.05) is 5.33 Å². The lowest BCUT2D eigenvalue weighted by atomic mass is 9.96. The van der Waals surface area contributed by atoms with Crippen LogP contribution in [0.25, 0.3) is 0 Å². The number of Topliss-reactive ketones (excluding diaryl/α,β-unsaturated/α-hetero) is 1. The molecule has 0 radical (unpaired) electrons. The Hall–Kier alpha value is -0.630. The Labute approximate surface area is 93.7 Å². The summed E-state index contributed by atoms with van der Waals surface area (Å²) >= 11 is 3.29. The number of alkyl halides is 1. The molecule has 1 rings (SSSR count). The van der Waals surface area contributed by atoms with E-state index < -0.39 is 0 Å². The van der Waals surface area contributed by atoms with Crippen LogP contribution >= 0.6 is 15.9 Å². The van der Waals surface area contributed by atoms with Crippen LogP contribution < -0.4 is 0 Å². The molecule has 14 heavy (non-hydrogen) atoms. The van der Waals surface area contributed by atoms with Crippen LogP contribution in [0.3, 0.4) is 0 Å². The minimum Gasteiger partial charge on any atom is -0.294 e. The van der Waals surface area contributed by atoms with Gasteiger partial charge in [0.2, 0.25) is 0 Å². The molecule has 0 aromatic heterocycles. The predicted molar refractivity (Wildman–Crippen MR) is 63.3 cm³/mol. The number of carbonyl (C=O) groups is 1. The monoisotopic (exact) mass is 254 g/mol. The van der Waals surface area contributed by atoms with Crippen molar-refractivity contribution >= 4 is 21.7 Å². The van der Waals surface area contributed by atoms with Gasteiger partial charge in [-0.05, 0) is 24.5 Å². The van der Waals surface area contributed by atoms with Crippen molar-refractivity contribution in [3.8, 4) is 0 Å². The van der Waals surface area contributed by atoms with Gasteiger partial charge in [-0.15, -0.1) is 0 Å². The second-order valence-electron chi connectivity index (χ2n) is 3.32. The second kappa shape index (κ2) is 5.30. The van der Waals surface area contributed by atoms with Crippen LogP contribution in [-0.2, 0) is 6.42 Å². The van der Waals surface area contributed by atoms with Crippen LogP contribution in [0.5, 0.6) is 0 Å². The summed E-state index contributed by atoms with van der Waals surface area (Å²) in [5.74, 6) is 0.238. The summed E-state index contributed by atoms with van der Waals surface area (Å²) in [4.78, 5) is 11.7. The quantitative estimate of drug-likeness (QED) is 0.594. The zero-order chi connectivity index (χ0) is 10.6. The lowest BCUT2D eigenvalue weighted by molar-refractivity contribution is 0.0989. The van der Waals surface area contributed by atoms with E-state index in [0.29, 0.717) is 6.42 Å². The maximum atomic E-state index is 11.7. The topological polar surface area (TPSA) is 17.1 Å². The Kier molecular flexibility index (Phi) is 4.33. The summed E-state index contributed by atoms with van der Waals surface area (Å²) < 4.78 is 0. The zero-order valence-corrected chi connectivity index (χ0v) is 10.2. The average molecular weight is 255 g/mol. The SMILES string of the molecule is CCc1c(C)cccc1C(=O)CCBr. The van der Waals surface area contributed by atoms with Gasteiger partial charge in [0.25, 0.3) is 0 Å². The van der Waals surface area contributed by atoms with Gasteiger partial charge in [0.15, 0.2) is 5.78 Å². The predicted octanol–water partition coefficient (Wildman–Crippen LogP) is 3.53. The van der Waals surface area contributed by atoms with Crippen molar-refractivity contribution in [3.63, 3.8) is 0 Å². The van der Waals surface area contributed by atoms with Crippen LogP contribution in [0.15, 0.2) is 18.2 Å². The van der Waals surface area contributed by atoms with Crippen molar-refractivity contribution in [3.05, 3.63) is 34.9 Å². The van der Waals surface area contributed by atoms with Gasteiger partial charge < -0.3 is 0 Å². The summed E-state index contributed by atoms with van der Waals surface area (Å²) in [5.41, 5.74) is 3.30. The molecule has 0 aliphatic rings. The fraction of sp³-hybridized carbons (Fsp3) is 0.417. The lowest BCUT2D eigenvalue weighted by Gasteiger charge is -2.08. The van der Waals surface area contributed by atoms with Crippen molar-refractivity contribution in [1.82, 2.24) is 0 Å². The van der Waals surface area contributed by atoms with Crippen molar-refractivity contribution in [2.45, 2.75) is 26.7 Å². The highest BCUT2D eigenvalue weighted by Crippen LogP contribution is 2.16. The number of halogens is 1. The number of hydrogen-bond acceptors (Lipinski definition) is 1. The van der Waals surface area contributed by atoms with Crippen molar-refractivity contribution in [2.24, 2.45) is 0 Å². The lowest BCUT2D eigenvalue weighted by Crippen LogP contribution is -2.05. The maximum Gasteiger partial charge on any atom is 0.163 e. The van der Waals surface area contributed by atoms with Gasteiger partial charge in [0, 0.05) is 17.3 Å². The van der Waals surface area contributed by atoms with Crippen LogP contribution in [-0.4, -0.2) is 11.1 Å². The van der Waals surface area contributed by atoms with Crippen LogP contribution in [0.2, 0.25) is 0 Å². The molecule has 0 aliphatic heterocycles. The molecule has 0 unspecified atom stereocenters. The van der Waals surface area contributed by atoms with Gasteiger partial charge in [0.05, 0.1) is 0 Å². The normalized spacial score (nSPS) is 10.2. The Balaban J connectivity index is 3.07. The number of rotatable bonds is 4. The molecule has 1 nitrogen and oxygen atoms in total. The Bertz CT molecular complexity index is 331. The minimum atomic E-state index is 0.238. The molecule has 1 aromatic carbocycles. The Morgan fingerprint density at radius 1 is 1.43 bits per heavy atom. The van der Waals surface area contributed by atoms with Gasteiger partial charge in [-0.25, -0.2) is 0 Å². The van der Waals surface area contributed by atoms with Gasteiger partial charge >= 0.3 is 0 Å². The minimum absolute atomic E-state index is 0.238. The molecule has 0 spiro atoms. The molecular formula is C12H15BrO. The maximum absolute atomic E-state index is 11.7. The van der Waals surface area contributed by atoms with E-state index in [4.69, 9.17) is 0 Å². The largest absolute Gasteiger partial charge is 0.294 e. The smallest absolute Gasteiger partial charge is 0.163 e. The van der Waals surface area contributed by atoms with Gasteiger partial charge in [-0.3, -0.25) is 4.79 Å². The van der Waals surface area contributed by atoms with E-state index in [9.17, 15) is 4.79 Å². The van der Waals surface area contributed by atoms with Crippen molar-refractivity contribution < 1.29 is 4.79 Å². The molecule has 0 amide bonds. The summed E-state index contributed by atoms with van der Waals surface area (Å²) in [6, 6.07) is 5.94. The zero-order valence-electron chi connectivity index (χ0n) is 8.64. The number of aryl methyl sites for hydroxylation is 1. The number of hydrogen-bond donors (Lipinski definition) is 0.